The van der Waals surface area contributed by atoms with E-state index in [1.165, 1.54) is 39.5 Å². The van der Waals surface area contributed by atoms with Gasteiger partial charge in [0.1, 0.15) is 24.2 Å². The number of benzene rings is 2. The molecule has 218 valence electrons. The molecule has 1 fully saturated rings. The molecule has 4 rings (SSSR count). The van der Waals surface area contributed by atoms with E-state index in [0.717, 1.165) is 16.6 Å². The molecule has 2 heterocycles. The van der Waals surface area contributed by atoms with Crippen molar-refractivity contribution in [2.45, 2.75) is 69.2 Å². The fraction of sp³-hybridized carbons (Fsp3) is 0.393. The van der Waals surface area contributed by atoms with Crippen molar-refractivity contribution in [3.8, 4) is 0 Å². The second-order valence-electron chi connectivity index (χ2n) is 9.43. The van der Waals surface area contributed by atoms with Crippen LogP contribution in [0.15, 0.2) is 53.7 Å². The molecule has 1 N–H and O–H groups in total. The van der Waals surface area contributed by atoms with E-state index in [9.17, 15) is 19.2 Å². The first-order valence-corrected chi connectivity index (χ1v) is 14.0. The number of hydrogen-bond acceptors (Lipinski definition) is 10. The Bertz CT molecular complexity index is 1430. The third kappa shape index (κ3) is 7.78. The Morgan fingerprint density at radius 1 is 0.951 bits per heavy atom. The van der Waals surface area contributed by atoms with Gasteiger partial charge >= 0.3 is 17.9 Å². The lowest BCUT2D eigenvalue weighted by atomic mass is 9.97. The number of fused-ring (bicyclic) bond motifs is 1. The Hall–Kier alpha value is -3.61. The maximum atomic E-state index is 12.3. The summed E-state index contributed by atoms with van der Waals surface area (Å²) in [6, 6.07) is 14.1. The van der Waals surface area contributed by atoms with Crippen LogP contribution in [0.25, 0.3) is 11.0 Å². The maximum Gasteiger partial charge on any atom is 0.303 e. The molecule has 1 aliphatic heterocycles. The van der Waals surface area contributed by atoms with Crippen LogP contribution in [-0.2, 0) is 44.7 Å². The molecular formula is C28H30ClN3O8S. The molecule has 1 aromatic heterocycles. The minimum absolute atomic E-state index is 0.282. The second kappa shape index (κ2) is 13.4. The molecule has 11 nitrogen and oxygen atoms in total. The summed E-state index contributed by atoms with van der Waals surface area (Å²) in [5, 5.41) is 3.96. The van der Waals surface area contributed by atoms with Crippen molar-refractivity contribution in [1.29, 1.82) is 0 Å². The van der Waals surface area contributed by atoms with E-state index in [1.54, 1.807) is 12.1 Å². The molecule has 13 heteroatoms. The number of nitrogens with zero attached hydrogens (tertiary/aromatic N) is 2. The van der Waals surface area contributed by atoms with Gasteiger partial charge in [-0.3, -0.25) is 19.2 Å². The van der Waals surface area contributed by atoms with E-state index in [0.29, 0.717) is 16.7 Å². The second-order valence-corrected chi connectivity index (χ2v) is 10.9. The molecule has 1 saturated heterocycles. The summed E-state index contributed by atoms with van der Waals surface area (Å²) >= 11 is 7.28. The maximum absolute atomic E-state index is 12.3. The minimum atomic E-state index is -1.17. The van der Waals surface area contributed by atoms with Gasteiger partial charge in [0.25, 0.3) is 0 Å². The van der Waals surface area contributed by atoms with Gasteiger partial charge in [0, 0.05) is 32.7 Å². The Morgan fingerprint density at radius 2 is 1.61 bits per heavy atom. The summed E-state index contributed by atoms with van der Waals surface area (Å²) in [7, 11) is 0. The largest absolute Gasteiger partial charge is 0.463 e. The van der Waals surface area contributed by atoms with Gasteiger partial charge in [-0.25, -0.2) is 4.98 Å². The number of aromatic nitrogens is 2. The third-order valence-corrected chi connectivity index (χ3v) is 7.58. The number of para-hydroxylation sites is 2. The summed E-state index contributed by atoms with van der Waals surface area (Å²) in [6.07, 6.45) is -3.33. The summed E-state index contributed by atoms with van der Waals surface area (Å²) < 4.78 is 24.6. The van der Waals surface area contributed by atoms with Gasteiger partial charge in [-0.05, 0) is 29.8 Å². The van der Waals surface area contributed by atoms with E-state index in [-0.39, 0.29) is 6.61 Å². The van der Waals surface area contributed by atoms with Crippen molar-refractivity contribution in [3.63, 3.8) is 0 Å². The average Bonchev–Trinajstić information content (AvgIpc) is 3.23. The Kier molecular flexibility index (Phi) is 9.90. The first-order chi connectivity index (χ1) is 19.5. The standard InChI is InChI=1S/C28H30ClN3O8S/c1-15(33)30-24-26(39-18(4)36)25(38-17(3)35)23(14-37-16(2)34)40-27(24)41-28-31-21-7-5-6-8-22(21)32(28)13-19-9-11-20(29)12-10-19/h5-12,23-27H,13-14H2,1-4H3,(H,30,33). The van der Waals surface area contributed by atoms with Crippen LogP contribution in [0.1, 0.15) is 33.3 Å². The summed E-state index contributed by atoms with van der Waals surface area (Å²) in [5.74, 6) is -2.32. The van der Waals surface area contributed by atoms with E-state index in [1.807, 2.05) is 41.0 Å². The number of carbonyl (C=O) groups excluding carboxylic acids is 4. The van der Waals surface area contributed by atoms with Crippen LogP contribution in [0, 0.1) is 0 Å². The summed E-state index contributed by atoms with van der Waals surface area (Å²) in [6.45, 7) is 5.13. The van der Waals surface area contributed by atoms with Crippen molar-refractivity contribution in [2.24, 2.45) is 0 Å². The Morgan fingerprint density at radius 3 is 2.24 bits per heavy atom. The van der Waals surface area contributed by atoms with Crippen LogP contribution in [0.2, 0.25) is 5.02 Å². The third-order valence-electron chi connectivity index (χ3n) is 6.17. The number of amides is 1. The first-order valence-electron chi connectivity index (χ1n) is 12.8. The Labute approximate surface area is 245 Å². The monoisotopic (exact) mass is 603 g/mol. The smallest absolute Gasteiger partial charge is 0.303 e. The summed E-state index contributed by atoms with van der Waals surface area (Å²) in [5.41, 5.74) is 1.68. The predicted molar refractivity (Wildman–Crippen MR) is 150 cm³/mol. The van der Waals surface area contributed by atoms with E-state index < -0.39 is 53.6 Å². The minimum Gasteiger partial charge on any atom is -0.463 e. The number of imidazole rings is 1. The molecule has 5 atom stereocenters. The van der Waals surface area contributed by atoms with Crippen molar-refractivity contribution in [3.05, 3.63) is 59.1 Å². The lowest BCUT2D eigenvalue weighted by Crippen LogP contribution is -2.65. The normalized spacial score (nSPS) is 22.1. The molecule has 0 bridgehead atoms. The van der Waals surface area contributed by atoms with Crippen LogP contribution < -0.4 is 5.32 Å². The molecule has 1 amide bonds. The van der Waals surface area contributed by atoms with E-state index in [4.69, 9.17) is 35.5 Å². The molecule has 0 aliphatic carbocycles. The van der Waals surface area contributed by atoms with Crippen LogP contribution in [-0.4, -0.2) is 69.8 Å². The van der Waals surface area contributed by atoms with E-state index in [2.05, 4.69) is 5.32 Å². The number of nitrogens with one attached hydrogen (secondary N) is 1. The highest BCUT2D eigenvalue weighted by atomic mass is 35.5. The van der Waals surface area contributed by atoms with Crippen LogP contribution in [0.5, 0.6) is 0 Å². The zero-order valence-corrected chi connectivity index (χ0v) is 24.4. The topological polar surface area (TPSA) is 135 Å². The van der Waals surface area contributed by atoms with Gasteiger partial charge in [0.05, 0.1) is 17.6 Å². The fourth-order valence-electron chi connectivity index (χ4n) is 4.56. The molecule has 0 spiro atoms. The van der Waals surface area contributed by atoms with Crippen molar-refractivity contribution in [1.82, 2.24) is 14.9 Å². The first kappa shape index (κ1) is 30.4. The molecule has 2 aromatic carbocycles. The van der Waals surface area contributed by atoms with Crippen molar-refractivity contribution < 1.29 is 38.1 Å². The van der Waals surface area contributed by atoms with Crippen molar-refractivity contribution >= 4 is 58.2 Å². The van der Waals surface area contributed by atoms with Gasteiger partial charge in [-0.2, -0.15) is 0 Å². The molecule has 3 aromatic rings. The zero-order chi connectivity index (χ0) is 29.7. The van der Waals surface area contributed by atoms with Crippen LogP contribution >= 0.6 is 23.4 Å². The highest BCUT2D eigenvalue weighted by Crippen LogP contribution is 2.37. The molecule has 0 saturated carbocycles. The van der Waals surface area contributed by atoms with Gasteiger partial charge in [-0.15, -0.1) is 0 Å². The molecule has 41 heavy (non-hydrogen) atoms. The van der Waals surface area contributed by atoms with Gasteiger partial charge in [-0.1, -0.05) is 47.6 Å². The SMILES string of the molecule is CC(=O)NC1C(Sc2nc3ccccc3n2Cc2ccc(Cl)cc2)OC(COC(C)=O)C(OC(C)=O)C1OC(C)=O. The lowest BCUT2D eigenvalue weighted by molar-refractivity contribution is -0.211. The number of ether oxygens (including phenoxy) is 4. The lowest BCUT2D eigenvalue weighted by Gasteiger charge is -2.44. The Balaban J connectivity index is 1.76. The highest BCUT2D eigenvalue weighted by molar-refractivity contribution is 7.99. The number of thioether (sulfide) groups is 1. The number of rotatable bonds is 9. The molecule has 1 aliphatic rings. The quantitative estimate of drug-likeness (QED) is 0.286. The van der Waals surface area contributed by atoms with Gasteiger partial charge in [0.15, 0.2) is 17.4 Å². The summed E-state index contributed by atoms with van der Waals surface area (Å²) in [4.78, 5) is 53.0. The average molecular weight is 604 g/mol. The predicted octanol–water partition coefficient (Wildman–Crippen LogP) is 3.49. The van der Waals surface area contributed by atoms with Crippen LogP contribution in [0.4, 0.5) is 0 Å². The number of halogens is 1. The molecular weight excluding hydrogens is 574 g/mol. The zero-order valence-electron chi connectivity index (χ0n) is 22.9. The van der Waals surface area contributed by atoms with Crippen LogP contribution in [0.3, 0.4) is 0 Å². The van der Waals surface area contributed by atoms with Gasteiger partial charge in [0.2, 0.25) is 5.91 Å². The molecule has 0 radical (unpaired) electrons. The van der Waals surface area contributed by atoms with Gasteiger partial charge < -0.3 is 28.8 Å². The number of esters is 3. The fourth-order valence-corrected chi connectivity index (χ4v) is 5.91. The van der Waals surface area contributed by atoms with Crippen molar-refractivity contribution in [2.75, 3.05) is 6.61 Å². The highest BCUT2D eigenvalue weighted by Gasteiger charge is 2.51. The molecule has 5 unspecified atom stereocenters. The number of hydrogen-bond donors (Lipinski definition) is 1. The van der Waals surface area contributed by atoms with E-state index >= 15 is 0 Å². The number of carbonyl (C=O) groups is 4.